The topological polar surface area (TPSA) is 32.3 Å². The molecule has 0 spiro atoms. The van der Waals surface area contributed by atoms with Gasteiger partial charge in [0.15, 0.2) is 0 Å². The van der Waals surface area contributed by atoms with Crippen molar-refractivity contribution in [1.82, 2.24) is 14.9 Å². The summed E-state index contributed by atoms with van der Waals surface area (Å²) < 4.78 is 51.4. The minimum atomic E-state index is -4.19. The van der Waals surface area contributed by atoms with Crippen LogP contribution < -0.4 is 4.90 Å². The van der Waals surface area contributed by atoms with E-state index in [-0.39, 0.29) is 5.52 Å². The van der Waals surface area contributed by atoms with E-state index in [0.29, 0.717) is 43.8 Å². The Labute approximate surface area is 130 Å². The molecule has 3 rings (SSSR count). The number of fused-ring (bicyclic) bond motifs is 1. The smallest absolute Gasteiger partial charge is 0.355 e. The highest BCUT2D eigenvalue weighted by molar-refractivity contribution is 5.89. The lowest BCUT2D eigenvalue weighted by Crippen LogP contribution is -2.37. The first-order chi connectivity index (χ1) is 10.9. The Morgan fingerprint density at radius 3 is 2.65 bits per heavy atom. The van der Waals surface area contributed by atoms with Crippen LogP contribution in [0.4, 0.5) is 23.4 Å². The Hall–Kier alpha value is -1.96. The SMILES string of the molecule is Fc1cccc2c(N3CCCN(CC(F)(F)F)CC3)ncnc12. The zero-order chi connectivity index (χ0) is 16.4. The normalized spacial score (nSPS) is 17.5. The van der Waals surface area contributed by atoms with Gasteiger partial charge in [0, 0.05) is 31.6 Å². The molecule has 0 N–H and O–H groups in total. The van der Waals surface area contributed by atoms with Gasteiger partial charge in [0.25, 0.3) is 0 Å². The highest BCUT2D eigenvalue weighted by Crippen LogP contribution is 2.26. The standard InChI is InChI=1S/C15H16F4N4/c16-12-4-1-3-11-13(12)20-10-21-14(11)23-6-2-5-22(7-8-23)9-15(17,18)19/h1,3-4,10H,2,5-9H2. The molecule has 1 aliphatic heterocycles. The van der Waals surface area contributed by atoms with Crippen molar-refractivity contribution in [2.45, 2.75) is 12.6 Å². The lowest BCUT2D eigenvalue weighted by atomic mass is 10.2. The van der Waals surface area contributed by atoms with Crippen LogP contribution in [0.1, 0.15) is 6.42 Å². The number of alkyl halides is 3. The van der Waals surface area contributed by atoms with Crippen molar-refractivity contribution >= 4 is 16.7 Å². The van der Waals surface area contributed by atoms with Crippen molar-refractivity contribution in [3.8, 4) is 0 Å². The number of rotatable bonds is 2. The van der Waals surface area contributed by atoms with E-state index in [4.69, 9.17) is 0 Å². The van der Waals surface area contributed by atoms with Crippen LogP contribution in [0.2, 0.25) is 0 Å². The van der Waals surface area contributed by atoms with Crippen LogP contribution in [-0.2, 0) is 0 Å². The number of aromatic nitrogens is 2. The second-order valence-electron chi connectivity index (χ2n) is 5.57. The number of hydrogen-bond acceptors (Lipinski definition) is 4. The predicted molar refractivity (Wildman–Crippen MR) is 78.8 cm³/mol. The van der Waals surface area contributed by atoms with Crippen LogP contribution in [0.25, 0.3) is 10.9 Å². The Balaban J connectivity index is 1.82. The van der Waals surface area contributed by atoms with Gasteiger partial charge in [-0.15, -0.1) is 0 Å². The third-order valence-corrected chi connectivity index (χ3v) is 3.89. The summed E-state index contributed by atoms with van der Waals surface area (Å²) in [6.07, 6.45) is -2.31. The van der Waals surface area contributed by atoms with E-state index in [2.05, 4.69) is 9.97 Å². The fraction of sp³-hybridized carbons (Fsp3) is 0.467. The molecule has 23 heavy (non-hydrogen) atoms. The number of halogens is 4. The maximum atomic E-state index is 13.8. The summed E-state index contributed by atoms with van der Waals surface area (Å²) in [6, 6.07) is 4.64. The van der Waals surface area contributed by atoms with Gasteiger partial charge in [0.05, 0.1) is 6.54 Å². The lowest BCUT2D eigenvalue weighted by molar-refractivity contribution is -0.145. The highest BCUT2D eigenvalue weighted by Gasteiger charge is 2.31. The Morgan fingerprint density at radius 1 is 1.04 bits per heavy atom. The quantitative estimate of drug-likeness (QED) is 0.794. The number of anilines is 1. The summed E-state index contributed by atoms with van der Waals surface area (Å²) in [5, 5.41) is 0.580. The summed E-state index contributed by atoms with van der Waals surface area (Å²) in [4.78, 5) is 11.5. The fourth-order valence-electron chi connectivity index (χ4n) is 2.88. The van der Waals surface area contributed by atoms with Crippen LogP contribution in [0, 0.1) is 5.82 Å². The Kier molecular flexibility index (Phi) is 4.34. The molecule has 1 aromatic carbocycles. The van der Waals surface area contributed by atoms with Crippen molar-refractivity contribution in [2.24, 2.45) is 0 Å². The lowest BCUT2D eigenvalue weighted by Gasteiger charge is -2.24. The van der Waals surface area contributed by atoms with E-state index < -0.39 is 18.5 Å². The monoisotopic (exact) mass is 328 g/mol. The largest absolute Gasteiger partial charge is 0.401 e. The highest BCUT2D eigenvalue weighted by atomic mass is 19.4. The first kappa shape index (κ1) is 15.9. The first-order valence-corrected chi connectivity index (χ1v) is 7.37. The van der Waals surface area contributed by atoms with Crippen LogP contribution in [0.5, 0.6) is 0 Å². The molecule has 0 saturated carbocycles. The van der Waals surface area contributed by atoms with Crippen molar-refractivity contribution in [1.29, 1.82) is 0 Å². The van der Waals surface area contributed by atoms with Gasteiger partial charge >= 0.3 is 6.18 Å². The van der Waals surface area contributed by atoms with Crippen LogP contribution in [0.15, 0.2) is 24.5 Å². The number of hydrogen-bond donors (Lipinski definition) is 0. The van der Waals surface area contributed by atoms with E-state index in [1.807, 2.05) is 4.90 Å². The molecule has 1 aromatic heterocycles. The van der Waals surface area contributed by atoms with Gasteiger partial charge in [-0.25, -0.2) is 14.4 Å². The van der Waals surface area contributed by atoms with Gasteiger partial charge in [-0.3, -0.25) is 4.90 Å². The molecule has 1 aliphatic rings. The second-order valence-corrected chi connectivity index (χ2v) is 5.57. The van der Waals surface area contributed by atoms with Gasteiger partial charge in [-0.1, -0.05) is 6.07 Å². The summed E-state index contributed by atoms with van der Waals surface area (Å²) in [7, 11) is 0. The minimum absolute atomic E-state index is 0.230. The average Bonchev–Trinajstić information content (AvgIpc) is 2.71. The molecule has 2 heterocycles. The van der Waals surface area contributed by atoms with Crippen molar-refractivity contribution in [2.75, 3.05) is 37.6 Å². The summed E-state index contributed by atoms with van der Waals surface area (Å²) >= 11 is 0. The van der Waals surface area contributed by atoms with E-state index in [0.717, 1.165) is 0 Å². The maximum Gasteiger partial charge on any atom is 0.401 e. The maximum absolute atomic E-state index is 13.8. The van der Waals surface area contributed by atoms with Gasteiger partial charge in [0.2, 0.25) is 0 Å². The number of nitrogens with zero attached hydrogens (tertiary/aromatic N) is 4. The molecule has 1 fully saturated rings. The summed E-state index contributed by atoms with van der Waals surface area (Å²) in [5.74, 6) is 0.142. The number of benzene rings is 1. The summed E-state index contributed by atoms with van der Waals surface area (Å²) in [6.45, 7) is 0.767. The van der Waals surface area contributed by atoms with E-state index in [1.54, 1.807) is 12.1 Å². The molecule has 8 heteroatoms. The molecular weight excluding hydrogens is 312 g/mol. The summed E-state index contributed by atoms with van der Waals surface area (Å²) in [5.41, 5.74) is 0.230. The molecule has 1 saturated heterocycles. The van der Waals surface area contributed by atoms with Gasteiger partial charge < -0.3 is 4.90 Å². The third kappa shape index (κ3) is 3.69. The van der Waals surface area contributed by atoms with Crippen molar-refractivity contribution in [3.63, 3.8) is 0 Å². The van der Waals surface area contributed by atoms with E-state index in [1.165, 1.54) is 17.3 Å². The molecule has 0 atom stereocenters. The first-order valence-electron chi connectivity index (χ1n) is 7.37. The van der Waals surface area contributed by atoms with E-state index >= 15 is 0 Å². The van der Waals surface area contributed by atoms with E-state index in [9.17, 15) is 17.6 Å². The van der Waals surface area contributed by atoms with Crippen molar-refractivity contribution < 1.29 is 17.6 Å². The van der Waals surface area contributed by atoms with Crippen LogP contribution in [0.3, 0.4) is 0 Å². The molecule has 0 amide bonds. The molecule has 0 unspecified atom stereocenters. The molecule has 0 radical (unpaired) electrons. The van der Waals surface area contributed by atoms with Crippen molar-refractivity contribution in [3.05, 3.63) is 30.3 Å². The van der Waals surface area contributed by atoms with Crippen LogP contribution in [-0.4, -0.2) is 53.8 Å². The van der Waals surface area contributed by atoms with Gasteiger partial charge in [-0.05, 0) is 18.6 Å². The van der Waals surface area contributed by atoms with Gasteiger partial charge in [0.1, 0.15) is 23.5 Å². The molecule has 124 valence electrons. The molecule has 0 bridgehead atoms. The molecule has 4 nitrogen and oxygen atoms in total. The number of para-hydroxylation sites is 1. The third-order valence-electron chi connectivity index (χ3n) is 3.89. The molecular formula is C15H16F4N4. The van der Waals surface area contributed by atoms with Gasteiger partial charge in [-0.2, -0.15) is 13.2 Å². The zero-order valence-electron chi connectivity index (χ0n) is 12.4. The predicted octanol–water partition coefficient (Wildman–Crippen LogP) is 2.84. The Bertz CT molecular complexity index is 689. The fourth-order valence-corrected chi connectivity index (χ4v) is 2.88. The Morgan fingerprint density at radius 2 is 1.87 bits per heavy atom. The van der Waals surface area contributed by atoms with Crippen LogP contribution >= 0.6 is 0 Å². The average molecular weight is 328 g/mol. The molecule has 2 aromatic rings. The molecule has 0 aliphatic carbocycles. The second kappa shape index (κ2) is 6.27. The zero-order valence-corrected chi connectivity index (χ0v) is 12.4. The minimum Gasteiger partial charge on any atom is -0.355 e.